The number of carbonyl (C=O) groups excluding carboxylic acids is 2. The number of nitro benzene ring substituents is 1. The van der Waals surface area contributed by atoms with E-state index >= 15 is 0 Å². The molecule has 0 aromatic heterocycles. The lowest BCUT2D eigenvalue weighted by Gasteiger charge is -2.12. The number of nitrogens with zero attached hydrogens (tertiary/aromatic N) is 2. The number of halogens is 2. The third-order valence-electron chi connectivity index (χ3n) is 4.02. The number of hydrogen-bond acceptors (Lipinski definition) is 7. The highest BCUT2D eigenvalue weighted by molar-refractivity contribution is 14.1. The number of benzene rings is 2. The van der Waals surface area contributed by atoms with E-state index in [1.54, 1.807) is 24.3 Å². The number of hydrogen-bond donors (Lipinski definition) is 1. The summed E-state index contributed by atoms with van der Waals surface area (Å²) in [6, 6.07) is 9.63. The van der Waals surface area contributed by atoms with Gasteiger partial charge in [0.15, 0.2) is 0 Å². The van der Waals surface area contributed by atoms with E-state index in [0.717, 1.165) is 12.7 Å². The molecule has 0 spiro atoms. The van der Waals surface area contributed by atoms with E-state index in [0.29, 0.717) is 28.0 Å². The molecule has 2 amide bonds. The van der Waals surface area contributed by atoms with Crippen LogP contribution >= 0.6 is 56.9 Å². The van der Waals surface area contributed by atoms with E-state index in [2.05, 4.69) is 45.2 Å². The lowest BCUT2D eigenvalue weighted by Crippen LogP contribution is -2.33. The number of thioether (sulfide) groups is 1. The van der Waals surface area contributed by atoms with Crippen LogP contribution in [0.4, 0.5) is 10.5 Å². The molecule has 3 rings (SSSR count). The highest BCUT2D eigenvalue weighted by atomic mass is 127. The molecule has 160 valence electrons. The Morgan fingerprint density at radius 1 is 1.19 bits per heavy atom. The van der Waals surface area contributed by atoms with Crippen LogP contribution in [0.1, 0.15) is 11.1 Å². The van der Waals surface area contributed by atoms with Gasteiger partial charge in [0.1, 0.15) is 18.9 Å². The van der Waals surface area contributed by atoms with Gasteiger partial charge in [-0.25, -0.2) is 0 Å². The zero-order valence-corrected chi connectivity index (χ0v) is 20.5. The van der Waals surface area contributed by atoms with Crippen LogP contribution in [-0.2, 0) is 16.2 Å². The van der Waals surface area contributed by atoms with Crippen molar-refractivity contribution in [1.29, 1.82) is 0 Å². The van der Waals surface area contributed by atoms with Crippen LogP contribution in [0.15, 0.2) is 41.3 Å². The van der Waals surface area contributed by atoms with Crippen LogP contribution in [0, 0.1) is 17.3 Å². The quantitative estimate of drug-likeness (QED) is 0.198. The number of amides is 2. The second-order valence-corrected chi connectivity index (χ2v) is 9.51. The van der Waals surface area contributed by atoms with Gasteiger partial charge in [0.2, 0.25) is 0 Å². The molecule has 31 heavy (non-hydrogen) atoms. The van der Waals surface area contributed by atoms with Gasteiger partial charge in [0.25, 0.3) is 16.8 Å². The van der Waals surface area contributed by atoms with Crippen molar-refractivity contribution in [2.75, 3.05) is 6.54 Å². The van der Waals surface area contributed by atoms with Crippen LogP contribution in [0.3, 0.4) is 0 Å². The average molecular weight is 666 g/mol. The van der Waals surface area contributed by atoms with Gasteiger partial charge >= 0.3 is 5.97 Å². The van der Waals surface area contributed by atoms with Gasteiger partial charge in [0.05, 0.1) is 17.0 Å². The molecule has 2 aromatic rings. The Bertz CT molecular complexity index is 1100. The summed E-state index contributed by atoms with van der Waals surface area (Å²) in [4.78, 5) is 46.1. The Kier molecular flexibility index (Phi) is 7.53. The molecular formula is C19H12I2N2O7S. The fourth-order valence-corrected chi connectivity index (χ4v) is 5.56. The summed E-state index contributed by atoms with van der Waals surface area (Å²) in [5.41, 5.74) is 1.44. The van der Waals surface area contributed by atoms with Gasteiger partial charge in [-0.3, -0.25) is 29.4 Å². The Hall–Kier alpha value is -2.20. The summed E-state index contributed by atoms with van der Waals surface area (Å²) in [6.07, 6.45) is 1.54. The Balaban J connectivity index is 1.75. The van der Waals surface area contributed by atoms with Crippen LogP contribution in [0.5, 0.6) is 5.75 Å². The van der Waals surface area contributed by atoms with Gasteiger partial charge in [-0.2, -0.15) is 0 Å². The van der Waals surface area contributed by atoms with Crippen molar-refractivity contribution >= 4 is 85.8 Å². The maximum absolute atomic E-state index is 12.3. The summed E-state index contributed by atoms with van der Waals surface area (Å²) in [7, 11) is 0. The van der Waals surface area contributed by atoms with E-state index in [1.807, 2.05) is 0 Å². The summed E-state index contributed by atoms with van der Waals surface area (Å²) in [6.45, 7) is -0.454. The minimum absolute atomic E-state index is 0.00466. The lowest BCUT2D eigenvalue weighted by atomic mass is 10.2. The normalized spacial score (nSPS) is 14.9. The third-order valence-corrected chi connectivity index (χ3v) is 6.53. The molecule has 1 saturated heterocycles. The minimum atomic E-state index is -1.26. The number of carboxylic acid groups (broad SMARTS) is 1. The molecule has 12 heteroatoms. The van der Waals surface area contributed by atoms with E-state index in [9.17, 15) is 24.5 Å². The number of non-ortho nitro benzene ring substituents is 1. The highest BCUT2D eigenvalue weighted by Gasteiger charge is 2.36. The Morgan fingerprint density at radius 2 is 1.81 bits per heavy atom. The predicted molar refractivity (Wildman–Crippen MR) is 130 cm³/mol. The molecule has 1 heterocycles. The summed E-state index contributed by atoms with van der Waals surface area (Å²) >= 11 is 4.87. The molecule has 0 bridgehead atoms. The summed E-state index contributed by atoms with van der Waals surface area (Å²) in [5.74, 6) is -1.28. The van der Waals surface area contributed by atoms with E-state index in [4.69, 9.17) is 9.84 Å². The number of aliphatic carboxylic acids is 1. The van der Waals surface area contributed by atoms with Crippen molar-refractivity contribution < 1.29 is 29.2 Å². The molecule has 0 aliphatic carbocycles. The van der Waals surface area contributed by atoms with Crippen molar-refractivity contribution in [3.63, 3.8) is 0 Å². The van der Waals surface area contributed by atoms with E-state index in [1.165, 1.54) is 18.2 Å². The zero-order valence-electron chi connectivity index (χ0n) is 15.4. The number of rotatable bonds is 7. The Labute approximate surface area is 207 Å². The SMILES string of the molecule is O=C(O)CN1C(=O)S/C(=C/c2cc(I)c(OCc3ccc([N+](=O)[O-])cc3)c(I)c2)C1=O. The molecule has 0 atom stereocenters. The van der Waals surface area contributed by atoms with Crippen LogP contribution in [-0.4, -0.2) is 38.6 Å². The molecular weight excluding hydrogens is 654 g/mol. The molecule has 1 aliphatic rings. The lowest BCUT2D eigenvalue weighted by molar-refractivity contribution is -0.384. The molecule has 0 unspecified atom stereocenters. The molecule has 1 fully saturated rings. The van der Waals surface area contributed by atoms with Gasteiger partial charge in [-0.1, -0.05) is 0 Å². The Morgan fingerprint density at radius 3 is 2.35 bits per heavy atom. The highest BCUT2D eigenvalue weighted by Crippen LogP contribution is 2.35. The van der Waals surface area contributed by atoms with Crippen molar-refractivity contribution in [2.24, 2.45) is 0 Å². The molecule has 1 aliphatic heterocycles. The zero-order chi connectivity index (χ0) is 22.7. The second-order valence-electron chi connectivity index (χ2n) is 6.19. The monoisotopic (exact) mass is 666 g/mol. The first-order valence-corrected chi connectivity index (χ1v) is 11.5. The maximum Gasteiger partial charge on any atom is 0.323 e. The number of nitro groups is 1. The summed E-state index contributed by atoms with van der Waals surface area (Å²) in [5, 5.41) is 19.0. The number of ether oxygens (including phenoxy) is 1. The molecule has 9 nitrogen and oxygen atoms in total. The van der Waals surface area contributed by atoms with Crippen molar-refractivity contribution in [3.05, 3.63) is 69.7 Å². The first-order chi connectivity index (χ1) is 14.7. The van der Waals surface area contributed by atoms with Crippen LogP contribution in [0.25, 0.3) is 6.08 Å². The molecule has 0 radical (unpaired) electrons. The fourth-order valence-electron chi connectivity index (χ4n) is 2.59. The van der Waals surface area contributed by atoms with Gasteiger partial charge in [-0.15, -0.1) is 0 Å². The average Bonchev–Trinajstić information content (AvgIpc) is 2.94. The molecule has 1 N–H and O–H groups in total. The van der Waals surface area contributed by atoms with Gasteiger partial charge < -0.3 is 9.84 Å². The van der Waals surface area contributed by atoms with Crippen molar-refractivity contribution in [2.45, 2.75) is 6.61 Å². The van der Waals surface area contributed by atoms with E-state index < -0.39 is 28.6 Å². The fraction of sp³-hybridized carbons (Fsp3) is 0.105. The molecule has 2 aromatic carbocycles. The first kappa shape index (κ1) is 23.5. The largest absolute Gasteiger partial charge is 0.487 e. The van der Waals surface area contributed by atoms with Gasteiger partial charge in [-0.05, 0) is 98.4 Å². The first-order valence-electron chi connectivity index (χ1n) is 8.48. The third kappa shape index (κ3) is 5.74. The van der Waals surface area contributed by atoms with Gasteiger partial charge in [0, 0.05) is 12.1 Å². The predicted octanol–water partition coefficient (Wildman–Crippen LogP) is 4.50. The number of carboxylic acids is 1. The van der Waals surface area contributed by atoms with E-state index in [-0.39, 0.29) is 17.2 Å². The van der Waals surface area contributed by atoms with Crippen molar-refractivity contribution in [3.8, 4) is 5.75 Å². The standard InChI is InChI=1S/C19H12I2N2O7S/c20-13-5-11(7-15-18(26)22(8-16(24)25)19(27)31-15)6-14(21)17(13)30-9-10-1-3-12(4-2-10)23(28)29/h1-7H,8-9H2,(H,24,25)/b15-7+. The van der Waals surface area contributed by atoms with Crippen molar-refractivity contribution in [1.82, 2.24) is 4.90 Å². The van der Waals surface area contributed by atoms with Crippen LogP contribution < -0.4 is 4.74 Å². The smallest absolute Gasteiger partial charge is 0.323 e. The molecule has 0 saturated carbocycles. The minimum Gasteiger partial charge on any atom is -0.487 e. The maximum atomic E-state index is 12.3. The number of imide groups is 1. The second kappa shape index (κ2) is 9.95. The van der Waals surface area contributed by atoms with Crippen LogP contribution in [0.2, 0.25) is 0 Å². The summed E-state index contributed by atoms with van der Waals surface area (Å²) < 4.78 is 7.40. The topological polar surface area (TPSA) is 127 Å². The number of carbonyl (C=O) groups is 3.